The lowest BCUT2D eigenvalue weighted by molar-refractivity contribution is -0.138. The highest BCUT2D eigenvalue weighted by Crippen LogP contribution is 2.22. The quantitative estimate of drug-likeness (QED) is 0.102. The number of hydrogen-bond acceptors (Lipinski definition) is 6. The molecule has 2 fully saturated rings. The van der Waals surface area contributed by atoms with E-state index in [1.54, 1.807) is 23.1 Å². The van der Waals surface area contributed by atoms with Gasteiger partial charge < -0.3 is 30.2 Å². The third-order valence-corrected chi connectivity index (χ3v) is 8.95. The smallest absolute Gasteiger partial charge is 0.303 e. The molecule has 0 aromatic heterocycles. The highest BCUT2D eigenvalue weighted by molar-refractivity contribution is 5.78. The van der Waals surface area contributed by atoms with Crippen LogP contribution in [-0.2, 0) is 25.6 Å². The Morgan fingerprint density at radius 3 is 1.77 bits per heavy atom. The van der Waals surface area contributed by atoms with Crippen LogP contribution in [0.1, 0.15) is 87.9 Å². The van der Waals surface area contributed by atoms with Crippen LogP contribution in [0.2, 0.25) is 0 Å². The van der Waals surface area contributed by atoms with Gasteiger partial charge >= 0.3 is 11.9 Å². The number of piperidine rings is 2. The Balaban J connectivity index is 0.000000280. The van der Waals surface area contributed by atoms with Crippen molar-refractivity contribution in [3.05, 3.63) is 120 Å². The molecule has 10 heteroatoms. The van der Waals surface area contributed by atoms with Gasteiger partial charge in [0.1, 0.15) is 0 Å². The highest BCUT2D eigenvalue weighted by Gasteiger charge is 2.26. The zero-order valence-electron chi connectivity index (χ0n) is 29.9. The monoisotopic (exact) mass is 714 g/mol. The van der Waals surface area contributed by atoms with Crippen LogP contribution in [-0.4, -0.2) is 85.3 Å². The fourth-order valence-electron chi connectivity index (χ4n) is 6.13. The van der Waals surface area contributed by atoms with Crippen molar-refractivity contribution >= 4 is 23.8 Å². The second kappa shape index (κ2) is 23.6. The molecule has 0 spiro atoms. The van der Waals surface area contributed by atoms with Crippen LogP contribution in [0.5, 0.6) is 0 Å². The minimum absolute atomic E-state index is 0.0155. The van der Waals surface area contributed by atoms with E-state index in [0.29, 0.717) is 51.6 Å². The summed E-state index contributed by atoms with van der Waals surface area (Å²) in [6.07, 6.45) is 20.8. The van der Waals surface area contributed by atoms with E-state index in [1.165, 1.54) is 0 Å². The second-order valence-electron chi connectivity index (χ2n) is 13.1. The van der Waals surface area contributed by atoms with Gasteiger partial charge in [-0.3, -0.25) is 19.2 Å². The molecule has 2 heterocycles. The lowest BCUT2D eigenvalue weighted by Crippen LogP contribution is -2.42. The van der Waals surface area contributed by atoms with E-state index in [9.17, 15) is 29.4 Å². The zero-order chi connectivity index (χ0) is 37.6. The van der Waals surface area contributed by atoms with Gasteiger partial charge in [0.25, 0.3) is 0 Å². The first-order valence-corrected chi connectivity index (χ1v) is 18.3. The number of rotatable bonds is 18. The maximum Gasteiger partial charge on any atom is 0.303 e. The Bertz CT molecular complexity index is 1500. The molecule has 2 amide bonds. The molecule has 2 aliphatic rings. The molecule has 2 aliphatic heterocycles. The van der Waals surface area contributed by atoms with Crippen molar-refractivity contribution in [2.45, 2.75) is 101 Å². The van der Waals surface area contributed by atoms with Crippen molar-refractivity contribution < 1.29 is 39.6 Å². The highest BCUT2D eigenvalue weighted by atomic mass is 16.4. The van der Waals surface area contributed by atoms with Crippen LogP contribution in [0.15, 0.2) is 109 Å². The van der Waals surface area contributed by atoms with Gasteiger partial charge in [0, 0.05) is 45.2 Å². The lowest BCUT2D eigenvalue weighted by atomic mass is 9.99. The first-order chi connectivity index (χ1) is 25.1. The number of carbonyl (C=O) groups is 4. The summed E-state index contributed by atoms with van der Waals surface area (Å²) in [7, 11) is 0. The number of amides is 2. The Morgan fingerprint density at radius 1 is 0.692 bits per heavy atom. The van der Waals surface area contributed by atoms with Gasteiger partial charge in [-0.2, -0.15) is 0 Å². The minimum atomic E-state index is -0.822. The van der Waals surface area contributed by atoms with Crippen LogP contribution in [0.4, 0.5) is 0 Å². The predicted molar refractivity (Wildman–Crippen MR) is 201 cm³/mol. The SMILES string of the molecule is O=C(O)CCC=CCN1C(=O)CCC[C@@H]1C=CC(O)Cc1ccccc1.O=C(O)CCCC=CCN1C(=O)CCC[C@@H]1C=CC(O)c1ccccc1. The number of benzene rings is 2. The van der Waals surface area contributed by atoms with E-state index in [-0.39, 0.29) is 36.7 Å². The number of likely N-dealkylation sites (tertiary alicyclic amines) is 2. The van der Waals surface area contributed by atoms with E-state index < -0.39 is 24.1 Å². The minimum Gasteiger partial charge on any atom is -0.481 e. The average Bonchev–Trinajstić information content (AvgIpc) is 3.13. The molecule has 0 radical (unpaired) electrons. The van der Waals surface area contributed by atoms with Crippen molar-refractivity contribution in [1.29, 1.82) is 0 Å². The number of aliphatic hydroxyl groups is 2. The molecular formula is C42H54N2O8. The van der Waals surface area contributed by atoms with Crippen LogP contribution in [0, 0.1) is 0 Å². The Hall–Kier alpha value is -4.80. The fourth-order valence-corrected chi connectivity index (χ4v) is 6.13. The number of carbonyl (C=O) groups excluding carboxylic acids is 2. The van der Waals surface area contributed by atoms with Crippen molar-refractivity contribution in [2.24, 2.45) is 0 Å². The summed E-state index contributed by atoms with van der Waals surface area (Å²) in [4.78, 5) is 49.1. The largest absolute Gasteiger partial charge is 0.481 e. The van der Waals surface area contributed by atoms with Crippen molar-refractivity contribution in [1.82, 2.24) is 9.80 Å². The van der Waals surface area contributed by atoms with Gasteiger partial charge in [-0.1, -0.05) is 109 Å². The molecule has 2 aromatic rings. The molecule has 2 unspecified atom stereocenters. The predicted octanol–water partition coefficient (Wildman–Crippen LogP) is 6.42. The van der Waals surface area contributed by atoms with Crippen molar-refractivity contribution in [3.63, 3.8) is 0 Å². The topological polar surface area (TPSA) is 156 Å². The van der Waals surface area contributed by atoms with Crippen LogP contribution >= 0.6 is 0 Å². The Kier molecular flexibility index (Phi) is 18.9. The van der Waals surface area contributed by atoms with E-state index in [0.717, 1.165) is 36.8 Å². The summed E-state index contributed by atoms with van der Waals surface area (Å²) in [6, 6.07) is 19.2. The molecule has 4 rings (SSSR count). The molecular weight excluding hydrogens is 660 g/mol. The number of carboxylic acid groups (broad SMARTS) is 2. The lowest BCUT2D eigenvalue weighted by Gasteiger charge is -2.33. The molecule has 4 N–H and O–H groups in total. The van der Waals surface area contributed by atoms with Gasteiger partial charge in [0.05, 0.1) is 24.3 Å². The zero-order valence-corrected chi connectivity index (χ0v) is 29.9. The number of allylic oxidation sites excluding steroid dienone is 2. The molecule has 0 bridgehead atoms. The molecule has 0 saturated carbocycles. The maximum absolute atomic E-state index is 12.2. The van der Waals surface area contributed by atoms with E-state index in [4.69, 9.17) is 10.2 Å². The first-order valence-electron chi connectivity index (χ1n) is 18.3. The van der Waals surface area contributed by atoms with Gasteiger partial charge in [-0.05, 0) is 56.1 Å². The van der Waals surface area contributed by atoms with E-state index >= 15 is 0 Å². The van der Waals surface area contributed by atoms with Gasteiger partial charge in [0.2, 0.25) is 11.8 Å². The Morgan fingerprint density at radius 2 is 1.21 bits per heavy atom. The number of carboxylic acids is 2. The molecule has 280 valence electrons. The van der Waals surface area contributed by atoms with Crippen LogP contribution in [0.25, 0.3) is 0 Å². The average molecular weight is 715 g/mol. The molecule has 2 saturated heterocycles. The van der Waals surface area contributed by atoms with Crippen molar-refractivity contribution in [3.8, 4) is 0 Å². The summed E-state index contributed by atoms with van der Waals surface area (Å²) in [6.45, 7) is 0.991. The number of aliphatic carboxylic acids is 2. The molecule has 10 nitrogen and oxygen atoms in total. The second-order valence-corrected chi connectivity index (χ2v) is 13.1. The summed E-state index contributed by atoms with van der Waals surface area (Å²) in [5.41, 5.74) is 1.90. The van der Waals surface area contributed by atoms with E-state index in [1.807, 2.05) is 95.9 Å². The molecule has 0 aliphatic carbocycles. The van der Waals surface area contributed by atoms with Gasteiger partial charge in [-0.25, -0.2) is 0 Å². The molecule has 52 heavy (non-hydrogen) atoms. The Labute approximate surface area is 307 Å². The standard InChI is InChI=1S/2C21H27NO4/c23-19(16-17-8-3-1-4-9-17)14-13-18-10-7-11-20(24)22(18)15-6-2-5-12-21(25)26;23-19(17-9-4-3-5-10-17)15-14-18-11-8-12-20(24)22(18)16-7-2-1-6-13-21(25)26/h1-4,6,8-9,13-14,18-19,23H,5,7,10-12,15-16H2,(H,25,26);2-5,7,9-10,14-15,18-19,23H,1,6,8,11-13,16H2,(H,25,26)/t2*18-,19?/m11/s1. The molecule has 4 atom stereocenters. The third kappa shape index (κ3) is 16.0. The summed E-state index contributed by atoms with van der Waals surface area (Å²) in [5.74, 6) is -1.38. The van der Waals surface area contributed by atoms with Crippen molar-refractivity contribution in [2.75, 3.05) is 13.1 Å². The summed E-state index contributed by atoms with van der Waals surface area (Å²) >= 11 is 0. The fraction of sp³-hybridized carbons (Fsp3) is 0.429. The van der Waals surface area contributed by atoms with Crippen LogP contribution < -0.4 is 0 Å². The normalized spacial score (nSPS) is 19.3. The third-order valence-electron chi connectivity index (χ3n) is 8.95. The number of hydrogen-bond donors (Lipinski definition) is 4. The maximum atomic E-state index is 12.2. The summed E-state index contributed by atoms with van der Waals surface area (Å²) < 4.78 is 0. The summed E-state index contributed by atoms with van der Waals surface area (Å²) in [5, 5.41) is 37.8. The number of aliphatic hydroxyl groups excluding tert-OH is 2. The molecule has 2 aromatic carbocycles. The van der Waals surface area contributed by atoms with Gasteiger partial charge in [0.15, 0.2) is 0 Å². The first kappa shape index (κ1) is 41.6. The number of unbranched alkanes of at least 4 members (excludes halogenated alkanes) is 1. The van der Waals surface area contributed by atoms with Gasteiger partial charge in [-0.15, -0.1) is 0 Å². The van der Waals surface area contributed by atoms with E-state index in [2.05, 4.69) is 0 Å². The number of nitrogens with zero attached hydrogens (tertiary/aromatic N) is 2. The van der Waals surface area contributed by atoms with Crippen LogP contribution in [0.3, 0.4) is 0 Å².